The third-order valence-electron chi connectivity index (χ3n) is 1.98. The molecule has 1 heterocycles. The second-order valence-electron chi connectivity index (χ2n) is 2.76. The molecule has 0 unspecified atom stereocenters. The average molecular weight is 198 g/mol. The predicted octanol–water partition coefficient (Wildman–Crippen LogP) is 2.30. The Morgan fingerprint density at radius 1 is 1.46 bits per heavy atom. The standard InChI is InChI=1S/C9H8ClNO2/c10-7-3-1-2-6-8(11-12)4-5-13-9(6)7/h1-3,12H,4-5H2/b11-8+. The minimum Gasteiger partial charge on any atom is -0.491 e. The molecule has 0 radical (unpaired) electrons. The van der Waals surface area contributed by atoms with Gasteiger partial charge in [0.25, 0.3) is 0 Å². The van der Waals surface area contributed by atoms with Gasteiger partial charge in [-0.15, -0.1) is 0 Å². The summed E-state index contributed by atoms with van der Waals surface area (Å²) in [5.74, 6) is 0.614. The maximum atomic E-state index is 8.72. The third kappa shape index (κ3) is 1.35. The zero-order valence-corrected chi connectivity index (χ0v) is 7.58. The number of hydrogen-bond donors (Lipinski definition) is 1. The molecule has 1 aromatic carbocycles. The fourth-order valence-electron chi connectivity index (χ4n) is 1.37. The van der Waals surface area contributed by atoms with E-state index in [4.69, 9.17) is 21.5 Å². The van der Waals surface area contributed by atoms with E-state index in [0.29, 0.717) is 29.5 Å². The minimum atomic E-state index is 0.510. The number of benzene rings is 1. The molecule has 1 aromatic rings. The van der Waals surface area contributed by atoms with Gasteiger partial charge in [-0.05, 0) is 12.1 Å². The molecule has 0 saturated heterocycles. The van der Waals surface area contributed by atoms with Gasteiger partial charge in [-0.2, -0.15) is 0 Å². The molecule has 0 amide bonds. The summed E-state index contributed by atoms with van der Waals surface area (Å²) in [6.07, 6.45) is 0.615. The molecule has 13 heavy (non-hydrogen) atoms. The lowest BCUT2D eigenvalue weighted by Gasteiger charge is -2.18. The van der Waals surface area contributed by atoms with Crippen LogP contribution in [0.25, 0.3) is 0 Å². The molecule has 0 atom stereocenters. The molecular formula is C9H8ClNO2. The fraction of sp³-hybridized carbons (Fsp3) is 0.222. The van der Waals surface area contributed by atoms with Gasteiger partial charge in [-0.25, -0.2) is 0 Å². The molecule has 0 fully saturated rings. The van der Waals surface area contributed by atoms with Crippen LogP contribution in [0.5, 0.6) is 5.75 Å². The highest BCUT2D eigenvalue weighted by Gasteiger charge is 2.18. The Balaban J connectivity index is 2.58. The van der Waals surface area contributed by atoms with Crippen LogP contribution in [0.4, 0.5) is 0 Å². The van der Waals surface area contributed by atoms with Gasteiger partial charge in [-0.1, -0.05) is 22.8 Å². The van der Waals surface area contributed by atoms with Gasteiger partial charge in [-0.3, -0.25) is 0 Å². The van der Waals surface area contributed by atoms with E-state index in [1.54, 1.807) is 12.1 Å². The van der Waals surface area contributed by atoms with Crippen molar-refractivity contribution in [2.24, 2.45) is 5.16 Å². The van der Waals surface area contributed by atoms with Gasteiger partial charge in [0.15, 0.2) is 0 Å². The number of fused-ring (bicyclic) bond motifs is 1. The van der Waals surface area contributed by atoms with Crippen LogP contribution in [0.15, 0.2) is 23.4 Å². The average Bonchev–Trinajstić information content (AvgIpc) is 2.18. The van der Waals surface area contributed by atoms with Crippen molar-refractivity contribution >= 4 is 17.3 Å². The maximum Gasteiger partial charge on any atom is 0.147 e. The van der Waals surface area contributed by atoms with Crippen molar-refractivity contribution in [2.75, 3.05) is 6.61 Å². The number of oxime groups is 1. The topological polar surface area (TPSA) is 41.8 Å². The molecule has 3 nitrogen and oxygen atoms in total. The lowest BCUT2D eigenvalue weighted by Crippen LogP contribution is -2.16. The first-order valence-electron chi connectivity index (χ1n) is 3.95. The molecule has 1 aliphatic rings. The van der Waals surface area contributed by atoms with Crippen LogP contribution < -0.4 is 4.74 Å². The van der Waals surface area contributed by atoms with Crippen LogP contribution in [0.2, 0.25) is 5.02 Å². The summed E-state index contributed by atoms with van der Waals surface area (Å²) >= 11 is 5.90. The zero-order valence-electron chi connectivity index (χ0n) is 6.83. The Kier molecular flexibility index (Phi) is 2.10. The van der Waals surface area contributed by atoms with Gasteiger partial charge in [0.05, 0.1) is 17.3 Å². The van der Waals surface area contributed by atoms with E-state index < -0.39 is 0 Å². The smallest absolute Gasteiger partial charge is 0.147 e. The Labute approximate surface area is 80.6 Å². The molecule has 68 valence electrons. The highest BCUT2D eigenvalue weighted by Crippen LogP contribution is 2.32. The quantitative estimate of drug-likeness (QED) is 0.512. The largest absolute Gasteiger partial charge is 0.491 e. The molecule has 0 bridgehead atoms. The lowest BCUT2D eigenvalue weighted by molar-refractivity contribution is 0.298. The number of ether oxygens (including phenoxy) is 1. The minimum absolute atomic E-state index is 0.510. The first kappa shape index (κ1) is 8.38. The summed E-state index contributed by atoms with van der Waals surface area (Å²) in [5.41, 5.74) is 1.41. The first-order valence-corrected chi connectivity index (χ1v) is 4.33. The Hall–Kier alpha value is -1.22. The van der Waals surface area contributed by atoms with E-state index in [-0.39, 0.29) is 0 Å². The summed E-state index contributed by atoms with van der Waals surface area (Å²) in [5, 5.41) is 12.5. The van der Waals surface area contributed by atoms with Crippen molar-refractivity contribution in [1.82, 2.24) is 0 Å². The number of hydrogen-bond acceptors (Lipinski definition) is 3. The van der Waals surface area contributed by atoms with E-state index in [9.17, 15) is 0 Å². The summed E-state index contributed by atoms with van der Waals surface area (Å²) in [4.78, 5) is 0. The zero-order chi connectivity index (χ0) is 9.26. The van der Waals surface area contributed by atoms with Crippen molar-refractivity contribution in [3.63, 3.8) is 0 Å². The summed E-state index contributed by atoms with van der Waals surface area (Å²) in [6.45, 7) is 0.510. The Morgan fingerprint density at radius 2 is 2.31 bits per heavy atom. The SMILES string of the molecule is O/N=C1\CCOc2c(Cl)cccc21. The van der Waals surface area contributed by atoms with E-state index in [1.807, 2.05) is 6.07 Å². The van der Waals surface area contributed by atoms with Gasteiger partial charge < -0.3 is 9.94 Å². The van der Waals surface area contributed by atoms with Crippen LogP contribution in [0.3, 0.4) is 0 Å². The van der Waals surface area contributed by atoms with Crippen LogP contribution in [-0.2, 0) is 0 Å². The van der Waals surface area contributed by atoms with Crippen LogP contribution in [-0.4, -0.2) is 17.5 Å². The van der Waals surface area contributed by atoms with Gasteiger partial charge in [0.2, 0.25) is 0 Å². The monoisotopic (exact) mass is 197 g/mol. The maximum absolute atomic E-state index is 8.72. The normalized spacial score (nSPS) is 18.1. The number of rotatable bonds is 0. The highest BCUT2D eigenvalue weighted by atomic mass is 35.5. The van der Waals surface area contributed by atoms with Crippen molar-refractivity contribution in [3.8, 4) is 5.75 Å². The molecule has 0 saturated carbocycles. The van der Waals surface area contributed by atoms with Gasteiger partial charge in [0, 0.05) is 12.0 Å². The summed E-state index contributed by atoms with van der Waals surface area (Å²) in [6, 6.07) is 5.39. The van der Waals surface area contributed by atoms with E-state index >= 15 is 0 Å². The number of nitrogens with zero attached hydrogens (tertiary/aromatic N) is 1. The molecule has 1 aliphatic heterocycles. The van der Waals surface area contributed by atoms with Crippen LogP contribution >= 0.6 is 11.6 Å². The van der Waals surface area contributed by atoms with Crippen LogP contribution in [0, 0.1) is 0 Å². The summed E-state index contributed by atoms with van der Waals surface area (Å²) < 4.78 is 5.36. The van der Waals surface area contributed by atoms with E-state index in [0.717, 1.165) is 5.56 Å². The van der Waals surface area contributed by atoms with E-state index in [2.05, 4.69) is 5.16 Å². The third-order valence-corrected chi connectivity index (χ3v) is 2.28. The first-order chi connectivity index (χ1) is 6.33. The predicted molar refractivity (Wildman–Crippen MR) is 49.9 cm³/mol. The highest BCUT2D eigenvalue weighted by molar-refractivity contribution is 6.32. The lowest BCUT2D eigenvalue weighted by atomic mass is 10.0. The van der Waals surface area contributed by atoms with E-state index in [1.165, 1.54) is 0 Å². The molecule has 0 spiro atoms. The van der Waals surface area contributed by atoms with Crippen molar-refractivity contribution in [2.45, 2.75) is 6.42 Å². The van der Waals surface area contributed by atoms with Crippen LogP contribution in [0.1, 0.15) is 12.0 Å². The molecule has 1 N–H and O–H groups in total. The molecule has 4 heteroatoms. The Morgan fingerprint density at radius 3 is 3.08 bits per heavy atom. The number of para-hydroxylation sites is 1. The fourth-order valence-corrected chi connectivity index (χ4v) is 1.60. The second-order valence-corrected chi connectivity index (χ2v) is 3.17. The van der Waals surface area contributed by atoms with Crippen molar-refractivity contribution in [3.05, 3.63) is 28.8 Å². The van der Waals surface area contributed by atoms with Crippen molar-refractivity contribution in [1.29, 1.82) is 0 Å². The van der Waals surface area contributed by atoms with Gasteiger partial charge in [0.1, 0.15) is 5.75 Å². The summed E-state index contributed by atoms with van der Waals surface area (Å²) in [7, 11) is 0. The molecule has 2 rings (SSSR count). The molecule has 0 aromatic heterocycles. The second kappa shape index (κ2) is 3.26. The van der Waals surface area contributed by atoms with Crippen molar-refractivity contribution < 1.29 is 9.94 Å². The molecule has 0 aliphatic carbocycles. The van der Waals surface area contributed by atoms with Gasteiger partial charge >= 0.3 is 0 Å². The number of halogens is 1. The molecular weight excluding hydrogens is 190 g/mol. The Bertz CT molecular complexity index is 363.